The van der Waals surface area contributed by atoms with Gasteiger partial charge in [0.05, 0.1) is 12.7 Å². The highest BCUT2D eigenvalue weighted by Gasteiger charge is 2.59. The van der Waals surface area contributed by atoms with Gasteiger partial charge in [0.25, 0.3) is 5.91 Å². The minimum atomic E-state index is -0.337. The number of benzene rings is 2. The van der Waals surface area contributed by atoms with Crippen LogP contribution in [0.2, 0.25) is 0 Å². The third kappa shape index (κ3) is 4.96. The number of ether oxygens (including phenoxy) is 2. The molecule has 2 aromatic rings. The Hall–Kier alpha value is -2.63. The number of amides is 1. The molecule has 2 aliphatic rings. The molecule has 4 rings (SSSR count). The van der Waals surface area contributed by atoms with Gasteiger partial charge in [0.2, 0.25) is 0 Å². The highest BCUT2D eigenvalue weighted by atomic mass is 16.5. The zero-order chi connectivity index (χ0) is 25.8. The number of nitrogens with zero attached hydrogens (tertiary/aromatic N) is 2. The van der Waals surface area contributed by atoms with Gasteiger partial charge in [0, 0.05) is 43.8 Å². The molecule has 1 amide bonds. The molecule has 0 N–H and O–H groups in total. The van der Waals surface area contributed by atoms with Crippen molar-refractivity contribution in [3.05, 3.63) is 78.4 Å². The Morgan fingerprint density at radius 3 is 2.61 bits per heavy atom. The zero-order valence-corrected chi connectivity index (χ0v) is 22.4. The van der Waals surface area contributed by atoms with Crippen LogP contribution in [-0.2, 0) is 10.2 Å². The fraction of sp³-hybridized carbons (Fsp3) is 0.516. The lowest BCUT2D eigenvalue weighted by molar-refractivity contribution is -0.153. The van der Waals surface area contributed by atoms with Crippen LogP contribution < -0.4 is 4.74 Å². The SMILES string of the molecule is C=CCN1CCC2(c3cccc(OC)c3)C[C@@H](N(CC(C)C)C(=O)c3ccccc3)CCC2(OC)C1. The summed E-state index contributed by atoms with van der Waals surface area (Å²) in [5.74, 6) is 1.38. The summed E-state index contributed by atoms with van der Waals surface area (Å²) in [7, 11) is 3.59. The number of carbonyl (C=O) groups excluding carboxylic acids is 1. The number of carbonyl (C=O) groups is 1. The van der Waals surface area contributed by atoms with Gasteiger partial charge in [-0.05, 0) is 68.0 Å². The molecule has 5 nitrogen and oxygen atoms in total. The van der Waals surface area contributed by atoms with E-state index in [0.717, 1.165) is 63.2 Å². The van der Waals surface area contributed by atoms with Crippen LogP contribution in [0, 0.1) is 5.92 Å². The molecule has 1 saturated carbocycles. The molecule has 1 aliphatic heterocycles. The first-order valence-corrected chi connectivity index (χ1v) is 13.3. The van der Waals surface area contributed by atoms with Crippen molar-refractivity contribution in [1.29, 1.82) is 0 Å². The summed E-state index contributed by atoms with van der Waals surface area (Å²) in [5.41, 5.74) is 1.46. The summed E-state index contributed by atoms with van der Waals surface area (Å²) in [6, 6.07) is 18.4. The average molecular weight is 491 g/mol. The number of hydrogen-bond donors (Lipinski definition) is 0. The fourth-order valence-electron chi connectivity index (χ4n) is 6.63. The van der Waals surface area contributed by atoms with Gasteiger partial charge in [-0.1, -0.05) is 50.3 Å². The first kappa shape index (κ1) is 26.4. The average Bonchev–Trinajstić information content (AvgIpc) is 2.91. The van der Waals surface area contributed by atoms with Gasteiger partial charge in [-0.2, -0.15) is 0 Å². The zero-order valence-electron chi connectivity index (χ0n) is 22.4. The van der Waals surface area contributed by atoms with E-state index in [0.29, 0.717) is 5.92 Å². The van der Waals surface area contributed by atoms with Crippen LogP contribution in [-0.4, -0.2) is 67.7 Å². The molecule has 2 unspecified atom stereocenters. The maximum absolute atomic E-state index is 13.8. The third-order valence-corrected chi connectivity index (χ3v) is 8.36. The van der Waals surface area contributed by atoms with Crippen LogP contribution in [0.15, 0.2) is 67.3 Å². The van der Waals surface area contributed by atoms with Crippen molar-refractivity contribution >= 4 is 5.91 Å². The molecule has 0 aromatic heterocycles. The Morgan fingerprint density at radius 2 is 1.94 bits per heavy atom. The first-order valence-electron chi connectivity index (χ1n) is 13.3. The van der Waals surface area contributed by atoms with E-state index in [4.69, 9.17) is 9.47 Å². The van der Waals surface area contributed by atoms with Crippen LogP contribution in [0.4, 0.5) is 0 Å². The maximum Gasteiger partial charge on any atom is 0.254 e. The van der Waals surface area contributed by atoms with E-state index < -0.39 is 0 Å². The van der Waals surface area contributed by atoms with E-state index in [9.17, 15) is 4.79 Å². The summed E-state index contributed by atoms with van der Waals surface area (Å²) in [6.45, 7) is 11.8. The van der Waals surface area contributed by atoms with Crippen molar-refractivity contribution in [2.75, 3.05) is 40.4 Å². The summed E-state index contributed by atoms with van der Waals surface area (Å²) in [6.07, 6.45) is 5.65. The van der Waals surface area contributed by atoms with E-state index in [-0.39, 0.29) is 23.0 Å². The Morgan fingerprint density at radius 1 is 1.17 bits per heavy atom. The highest BCUT2D eigenvalue weighted by Crippen LogP contribution is 2.54. The van der Waals surface area contributed by atoms with Gasteiger partial charge in [-0.15, -0.1) is 6.58 Å². The Balaban J connectivity index is 1.77. The molecule has 0 spiro atoms. The van der Waals surface area contributed by atoms with Crippen LogP contribution in [0.25, 0.3) is 0 Å². The molecule has 1 aliphatic carbocycles. The van der Waals surface area contributed by atoms with Crippen molar-refractivity contribution in [2.24, 2.45) is 5.92 Å². The highest BCUT2D eigenvalue weighted by molar-refractivity contribution is 5.94. The second kappa shape index (κ2) is 11.2. The smallest absolute Gasteiger partial charge is 0.254 e. The van der Waals surface area contributed by atoms with Crippen LogP contribution in [0.5, 0.6) is 5.75 Å². The monoisotopic (exact) mass is 490 g/mol. The van der Waals surface area contributed by atoms with Crippen molar-refractivity contribution in [1.82, 2.24) is 9.80 Å². The molecular formula is C31H42N2O3. The quantitative estimate of drug-likeness (QED) is 0.432. The van der Waals surface area contributed by atoms with Gasteiger partial charge < -0.3 is 14.4 Å². The number of hydrogen-bond acceptors (Lipinski definition) is 4. The number of piperidine rings is 1. The van der Waals surface area contributed by atoms with Gasteiger partial charge in [-0.3, -0.25) is 9.69 Å². The summed E-state index contributed by atoms with van der Waals surface area (Å²) in [5, 5.41) is 0. The lowest BCUT2D eigenvalue weighted by Gasteiger charge is -2.60. The third-order valence-electron chi connectivity index (χ3n) is 8.36. The van der Waals surface area contributed by atoms with Crippen molar-refractivity contribution in [3.63, 3.8) is 0 Å². The standard InChI is InChI=1S/C31H42N2O3/c1-6-18-32-19-17-30(26-13-10-14-28(20-26)35-4)21-27(15-16-31(30,23-32)36-5)33(22-24(2)3)29(34)25-11-8-7-9-12-25/h6-14,20,24,27H,1,15-19,21-23H2,2-5H3/t27-,30?,31?/m0/s1. The van der Waals surface area contributed by atoms with Crippen molar-refractivity contribution in [3.8, 4) is 5.75 Å². The Kier molecular flexibility index (Phi) is 8.21. The molecule has 0 bridgehead atoms. The van der Waals surface area contributed by atoms with E-state index >= 15 is 0 Å². The summed E-state index contributed by atoms with van der Waals surface area (Å²) >= 11 is 0. The van der Waals surface area contributed by atoms with E-state index in [1.807, 2.05) is 49.6 Å². The van der Waals surface area contributed by atoms with E-state index in [1.54, 1.807) is 7.11 Å². The van der Waals surface area contributed by atoms with Gasteiger partial charge >= 0.3 is 0 Å². The lowest BCUT2D eigenvalue weighted by atomic mass is 9.55. The second-order valence-electron chi connectivity index (χ2n) is 10.9. The lowest BCUT2D eigenvalue weighted by Crippen LogP contribution is -2.68. The number of methoxy groups -OCH3 is 2. The van der Waals surface area contributed by atoms with E-state index in [2.05, 4.69) is 48.4 Å². The van der Waals surface area contributed by atoms with Gasteiger partial charge in [0.1, 0.15) is 5.75 Å². The normalized spacial score (nSPS) is 26.3. The molecule has 2 aromatic carbocycles. The predicted octanol–water partition coefficient (Wildman–Crippen LogP) is 5.56. The number of likely N-dealkylation sites (tertiary alicyclic amines) is 1. The molecule has 194 valence electrons. The first-order chi connectivity index (χ1) is 17.4. The molecule has 1 heterocycles. The molecule has 3 atom stereocenters. The van der Waals surface area contributed by atoms with Crippen LogP contribution >= 0.6 is 0 Å². The Labute approximate surface area is 217 Å². The molecule has 2 fully saturated rings. The second-order valence-corrected chi connectivity index (χ2v) is 10.9. The number of fused-ring (bicyclic) bond motifs is 1. The largest absolute Gasteiger partial charge is 0.497 e. The molecular weight excluding hydrogens is 448 g/mol. The number of rotatable bonds is 9. The maximum atomic E-state index is 13.8. The van der Waals surface area contributed by atoms with E-state index in [1.165, 1.54) is 5.56 Å². The molecule has 1 saturated heterocycles. The van der Waals surface area contributed by atoms with Crippen molar-refractivity contribution < 1.29 is 14.3 Å². The van der Waals surface area contributed by atoms with Gasteiger partial charge in [-0.25, -0.2) is 0 Å². The van der Waals surface area contributed by atoms with Gasteiger partial charge in [0.15, 0.2) is 0 Å². The van der Waals surface area contributed by atoms with Crippen LogP contribution in [0.1, 0.15) is 55.5 Å². The minimum absolute atomic E-state index is 0.129. The summed E-state index contributed by atoms with van der Waals surface area (Å²) < 4.78 is 12.2. The Bertz CT molecular complexity index is 1040. The van der Waals surface area contributed by atoms with Crippen molar-refractivity contribution in [2.45, 2.75) is 56.6 Å². The minimum Gasteiger partial charge on any atom is -0.497 e. The van der Waals surface area contributed by atoms with Crippen LogP contribution in [0.3, 0.4) is 0 Å². The molecule has 0 radical (unpaired) electrons. The predicted molar refractivity (Wildman–Crippen MR) is 146 cm³/mol. The topological polar surface area (TPSA) is 42.0 Å². The fourth-order valence-corrected chi connectivity index (χ4v) is 6.63. The summed E-state index contributed by atoms with van der Waals surface area (Å²) in [4.78, 5) is 18.4. The molecule has 36 heavy (non-hydrogen) atoms. The molecule has 5 heteroatoms.